The Hall–Kier alpha value is -2.91. The normalized spacial score (nSPS) is 14.5. The van der Waals surface area contributed by atoms with Crippen molar-refractivity contribution in [2.24, 2.45) is 0 Å². The van der Waals surface area contributed by atoms with Crippen molar-refractivity contribution < 1.29 is 22.7 Å². The summed E-state index contributed by atoms with van der Waals surface area (Å²) in [6, 6.07) is 12.3. The van der Waals surface area contributed by atoms with Gasteiger partial charge in [-0.05, 0) is 31.2 Å². The third kappa shape index (κ3) is 4.72. The second-order valence-electron chi connectivity index (χ2n) is 7.08. The number of rotatable bonds is 4. The van der Waals surface area contributed by atoms with E-state index < -0.39 is 11.7 Å². The number of morpholine rings is 1. The molecule has 1 fully saturated rings. The van der Waals surface area contributed by atoms with Gasteiger partial charge in [0.15, 0.2) is 0 Å². The van der Waals surface area contributed by atoms with Crippen LogP contribution in [0.2, 0.25) is 0 Å². The minimum absolute atomic E-state index is 0.297. The maximum Gasteiger partial charge on any atom is 0.416 e. The number of anilines is 2. The lowest BCUT2D eigenvalue weighted by atomic mass is 10.1. The van der Waals surface area contributed by atoms with E-state index in [1.54, 1.807) is 6.92 Å². The molecule has 3 aromatic rings. The lowest BCUT2D eigenvalue weighted by Crippen LogP contribution is -2.36. The topological polar surface area (TPSA) is 54.5 Å². The van der Waals surface area contributed by atoms with Gasteiger partial charge in [-0.25, -0.2) is 4.98 Å². The van der Waals surface area contributed by atoms with E-state index in [0.717, 1.165) is 42.2 Å². The van der Waals surface area contributed by atoms with Crippen molar-refractivity contribution in [3.63, 3.8) is 0 Å². The second-order valence-corrected chi connectivity index (χ2v) is 8.08. The van der Waals surface area contributed by atoms with Gasteiger partial charge < -0.3 is 15.0 Å². The number of benzene rings is 2. The van der Waals surface area contributed by atoms with Crippen LogP contribution in [0, 0.1) is 6.92 Å². The number of alkyl halides is 3. The zero-order valence-corrected chi connectivity index (χ0v) is 17.5. The van der Waals surface area contributed by atoms with Crippen LogP contribution in [0.3, 0.4) is 0 Å². The Morgan fingerprint density at radius 3 is 2.45 bits per heavy atom. The maximum absolute atomic E-state index is 13.0. The number of para-hydroxylation sites is 2. The van der Waals surface area contributed by atoms with Crippen molar-refractivity contribution >= 4 is 28.6 Å². The predicted octanol–water partition coefficient (Wildman–Crippen LogP) is 5.23. The number of halogens is 3. The standard InChI is InChI=1S/C22H20F3N3O2S/c1-14-19(31-21(26-14)15-6-8-16(9-7-15)22(23,24)25)20(29)27-17-4-2-3-5-18(17)28-10-12-30-13-11-28/h2-9H,10-13H2,1H3,(H,27,29). The molecule has 0 atom stereocenters. The number of amides is 1. The van der Waals surface area contributed by atoms with Crippen LogP contribution in [0.5, 0.6) is 0 Å². The third-order valence-corrected chi connectivity index (χ3v) is 6.17. The maximum atomic E-state index is 13.0. The molecule has 2 heterocycles. The summed E-state index contributed by atoms with van der Waals surface area (Å²) in [5.41, 5.74) is 1.96. The van der Waals surface area contributed by atoms with E-state index in [2.05, 4.69) is 15.2 Å². The van der Waals surface area contributed by atoms with Gasteiger partial charge in [-0.1, -0.05) is 24.3 Å². The van der Waals surface area contributed by atoms with Gasteiger partial charge in [-0.3, -0.25) is 4.79 Å². The summed E-state index contributed by atoms with van der Waals surface area (Å²) in [6.45, 7) is 4.46. The monoisotopic (exact) mass is 447 g/mol. The molecule has 1 aliphatic rings. The van der Waals surface area contributed by atoms with Crippen molar-refractivity contribution in [1.82, 2.24) is 4.98 Å². The Morgan fingerprint density at radius 2 is 1.77 bits per heavy atom. The summed E-state index contributed by atoms with van der Waals surface area (Å²) >= 11 is 1.16. The number of carbonyl (C=O) groups is 1. The van der Waals surface area contributed by atoms with Crippen molar-refractivity contribution in [3.8, 4) is 10.6 Å². The summed E-state index contributed by atoms with van der Waals surface area (Å²) in [7, 11) is 0. The van der Waals surface area contributed by atoms with Gasteiger partial charge in [-0.15, -0.1) is 11.3 Å². The average molecular weight is 447 g/mol. The summed E-state index contributed by atoms with van der Waals surface area (Å²) in [5, 5.41) is 3.46. The first-order valence-electron chi connectivity index (χ1n) is 9.71. The molecule has 0 bridgehead atoms. The van der Waals surface area contributed by atoms with Gasteiger partial charge >= 0.3 is 6.18 Å². The Morgan fingerprint density at radius 1 is 1.10 bits per heavy atom. The zero-order chi connectivity index (χ0) is 22.0. The Kier molecular flexibility index (Phi) is 5.97. The molecule has 2 aromatic carbocycles. The van der Waals surface area contributed by atoms with Crippen LogP contribution in [0.25, 0.3) is 10.6 Å². The number of hydrogen-bond donors (Lipinski definition) is 1. The number of aryl methyl sites for hydroxylation is 1. The molecule has 4 rings (SSSR count). The van der Waals surface area contributed by atoms with E-state index in [1.807, 2.05) is 24.3 Å². The van der Waals surface area contributed by atoms with Crippen molar-refractivity contribution in [2.75, 3.05) is 36.5 Å². The highest BCUT2D eigenvalue weighted by molar-refractivity contribution is 7.17. The minimum atomic E-state index is -4.39. The first-order valence-corrected chi connectivity index (χ1v) is 10.5. The summed E-state index contributed by atoms with van der Waals surface area (Å²) in [6.07, 6.45) is -4.39. The van der Waals surface area contributed by atoms with Crippen LogP contribution in [0.15, 0.2) is 48.5 Å². The first-order chi connectivity index (χ1) is 14.8. The fourth-order valence-corrected chi connectivity index (χ4v) is 4.34. The molecule has 0 aliphatic carbocycles. The van der Waals surface area contributed by atoms with Crippen molar-refractivity contribution in [2.45, 2.75) is 13.1 Å². The first kappa shape index (κ1) is 21.3. The van der Waals surface area contributed by atoms with Gasteiger partial charge in [0.2, 0.25) is 0 Å². The van der Waals surface area contributed by atoms with Gasteiger partial charge in [0.25, 0.3) is 5.91 Å². The Bertz CT molecular complexity index is 1070. The fraction of sp³-hybridized carbons (Fsp3) is 0.273. The van der Waals surface area contributed by atoms with Crippen LogP contribution in [-0.4, -0.2) is 37.2 Å². The third-order valence-electron chi connectivity index (χ3n) is 4.97. The molecular formula is C22H20F3N3O2S. The number of nitrogens with one attached hydrogen (secondary N) is 1. The number of carbonyl (C=O) groups excluding carboxylic acids is 1. The molecule has 1 saturated heterocycles. The van der Waals surface area contributed by atoms with Gasteiger partial charge in [0.1, 0.15) is 9.88 Å². The fourth-order valence-electron chi connectivity index (χ4n) is 3.37. The summed E-state index contributed by atoms with van der Waals surface area (Å²) in [5.74, 6) is -0.297. The molecule has 1 aromatic heterocycles. The lowest BCUT2D eigenvalue weighted by molar-refractivity contribution is -0.137. The van der Waals surface area contributed by atoms with Crippen LogP contribution in [0.4, 0.5) is 24.5 Å². The molecule has 0 unspecified atom stereocenters. The van der Waals surface area contributed by atoms with Crippen LogP contribution < -0.4 is 10.2 Å². The van der Waals surface area contributed by atoms with Crippen LogP contribution in [-0.2, 0) is 10.9 Å². The van der Waals surface area contributed by atoms with E-state index in [0.29, 0.717) is 40.0 Å². The number of ether oxygens (including phenoxy) is 1. The minimum Gasteiger partial charge on any atom is -0.378 e. The smallest absolute Gasteiger partial charge is 0.378 e. The predicted molar refractivity (Wildman–Crippen MR) is 115 cm³/mol. The highest BCUT2D eigenvalue weighted by Gasteiger charge is 2.30. The number of nitrogens with zero attached hydrogens (tertiary/aromatic N) is 2. The van der Waals surface area contributed by atoms with E-state index in [9.17, 15) is 18.0 Å². The molecule has 1 amide bonds. The highest BCUT2D eigenvalue weighted by atomic mass is 32.1. The van der Waals surface area contributed by atoms with Crippen molar-refractivity contribution in [3.05, 3.63) is 64.7 Å². The van der Waals surface area contributed by atoms with Crippen LogP contribution in [0.1, 0.15) is 20.9 Å². The molecular weight excluding hydrogens is 427 g/mol. The molecule has 162 valence electrons. The van der Waals surface area contributed by atoms with Gasteiger partial charge in [-0.2, -0.15) is 13.2 Å². The zero-order valence-electron chi connectivity index (χ0n) is 16.7. The molecule has 5 nitrogen and oxygen atoms in total. The van der Waals surface area contributed by atoms with Crippen LogP contribution >= 0.6 is 11.3 Å². The van der Waals surface area contributed by atoms with Gasteiger partial charge in [0.05, 0.1) is 35.8 Å². The van der Waals surface area contributed by atoms with E-state index in [-0.39, 0.29) is 5.91 Å². The largest absolute Gasteiger partial charge is 0.416 e. The van der Waals surface area contributed by atoms with E-state index >= 15 is 0 Å². The van der Waals surface area contributed by atoms with E-state index in [1.165, 1.54) is 12.1 Å². The number of thiazole rings is 1. The molecule has 1 aliphatic heterocycles. The highest BCUT2D eigenvalue weighted by Crippen LogP contribution is 2.34. The summed E-state index contributed by atoms with van der Waals surface area (Å²) < 4.78 is 43.8. The number of aromatic nitrogens is 1. The Labute approximate surface area is 181 Å². The quantitative estimate of drug-likeness (QED) is 0.595. The molecule has 0 spiro atoms. The number of hydrogen-bond acceptors (Lipinski definition) is 5. The molecule has 9 heteroatoms. The second kappa shape index (κ2) is 8.68. The molecule has 31 heavy (non-hydrogen) atoms. The molecule has 0 saturated carbocycles. The molecule has 1 N–H and O–H groups in total. The summed E-state index contributed by atoms with van der Waals surface area (Å²) in [4.78, 5) is 19.9. The average Bonchev–Trinajstić information content (AvgIpc) is 3.16. The van der Waals surface area contributed by atoms with E-state index in [4.69, 9.17) is 4.74 Å². The van der Waals surface area contributed by atoms with Crippen molar-refractivity contribution in [1.29, 1.82) is 0 Å². The SMILES string of the molecule is Cc1nc(-c2ccc(C(F)(F)F)cc2)sc1C(=O)Nc1ccccc1N1CCOCC1. The lowest BCUT2D eigenvalue weighted by Gasteiger charge is -2.30. The van der Waals surface area contributed by atoms with Gasteiger partial charge in [0, 0.05) is 18.7 Å². The molecule has 0 radical (unpaired) electrons. The Balaban J connectivity index is 1.55.